The number of benzene rings is 2. The van der Waals surface area contributed by atoms with Crippen LogP contribution in [0, 0.1) is 13.8 Å². The zero-order valence-corrected chi connectivity index (χ0v) is 14.3. The van der Waals surface area contributed by atoms with E-state index in [2.05, 4.69) is 10.8 Å². The number of carbonyl (C=O) groups excluding carboxylic acids is 2. The molecule has 0 unspecified atom stereocenters. The number of hydrogen-bond acceptors (Lipinski definition) is 4. The van der Waals surface area contributed by atoms with Gasteiger partial charge in [-0.1, -0.05) is 35.9 Å². The van der Waals surface area contributed by atoms with Crippen molar-refractivity contribution in [3.63, 3.8) is 0 Å². The average molecular weight is 334 g/mol. The number of esters is 2. The maximum atomic E-state index is 12.1. The second kappa shape index (κ2) is 6.77. The van der Waals surface area contributed by atoms with E-state index in [4.69, 9.17) is 4.74 Å². The minimum absolute atomic E-state index is 0.382. The predicted octanol–water partition coefficient (Wildman–Crippen LogP) is 4.07. The van der Waals surface area contributed by atoms with E-state index in [-0.39, 0.29) is 5.97 Å². The van der Waals surface area contributed by atoms with Crippen LogP contribution in [-0.2, 0) is 14.3 Å². The molecule has 1 aliphatic heterocycles. The molecule has 0 aliphatic carbocycles. The van der Waals surface area contributed by atoms with E-state index in [0.717, 1.165) is 22.3 Å². The lowest BCUT2D eigenvalue weighted by Crippen LogP contribution is -2.00. The standard InChI is InChI=1S/C21H18O4/c1-13-4-9-18(14(2)10-13)19-12-17(21(23)25-19)11-15-5-7-16(8-6-15)20(22)24-3/h4-12H,1-3H3/b17-11-. The molecule has 0 spiro atoms. The van der Waals surface area contributed by atoms with Gasteiger partial charge in [-0.15, -0.1) is 0 Å². The van der Waals surface area contributed by atoms with Gasteiger partial charge in [0.15, 0.2) is 0 Å². The van der Waals surface area contributed by atoms with Crippen LogP contribution in [0.2, 0.25) is 0 Å². The van der Waals surface area contributed by atoms with Crippen molar-refractivity contribution in [1.82, 2.24) is 0 Å². The van der Waals surface area contributed by atoms with Gasteiger partial charge in [-0.3, -0.25) is 0 Å². The van der Waals surface area contributed by atoms with Gasteiger partial charge in [-0.05, 0) is 49.3 Å². The van der Waals surface area contributed by atoms with Crippen LogP contribution in [0.15, 0.2) is 54.1 Å². The Hall–Kier alpha value is -3.14. The smallest absolute Gasteiger partial charge is 0.343 e. The SMILES string of the molecule is COC(=O)c1ccc(/C=C2/C=C(c3ccc(C)cc3C)OC2=O)cc1. The van der Waals surface area contributed by atoms with Crippen LogP contribution in [0.5, 0.6) is 0 Å². The Morgan fingerprint density at radius 2 is 1.80 bits per heavy atom. The maximum Gasteiger partial charge on any atom is 0.343 e. The molecule has 0 fully saturated rings. The molecule has 25 heavy (non-hydrogen) atoms. The Kier molecular flexibility index (Phi) is 4.52. The van der Waals surface area contributed by atoms with Gasteiger partial charge in [0.05, 0.1) is 18.2 Å². The molecule has 4 heteroatoms. The first-order chi connectivity index (χ1) is 12.0. The molecule has 0 bridgehead atoms. The lowest BCUT2D eigenvalue weighted by Gasteiger charge is -2.06. The van der Waals surface area contributed by atoms with Crippen LogP contribution in [0.1, 0.15) is 32.6 Å². The summed E-state index contributed by atoms with van der Waals surface area (Å²) in [5.41, 5.74) is 4.86. The third-order valence-corrected chi connectivity index (χ3v) is 4.03. The Morgan fingerprint density at radius 1 is 1.08 bits per heavy atom. The fourth-order valence-electron chi connectivity index (χ4n) is 2.72. The van der Waals surface area contributed by atoms with Crippen LogP contribution in [-0.4, -0.2) is 19.0 Å². The number of carbonyl (C=O) groups is 2. The van der Waals surface area contributed by atoms with Crippen molar-refractivity contribution in [3.05, 3.63) is 81.9 Å². The number of ether oxygens (including phenoxy) is 2. The molecule has 4 nitrogen and oxygen atoms in total. The predicted molar refractivity (Wildman–Crippen MR) is 95.7 cm³/mol. The van der Waals surface area contributed by atoms with Crippen molar-refractivity contribution in [2.75, 3.05) is 7.11 Å². The molecule has 1 heterocycles. The molecule has 0 aromatic heterocycles. The molecular formula is C21H18O4. The second-order valence-corrected chi connectivity index (χ2v) is 5.93. The lowest BCUT2D eigenvalue weighted by atomic mass is 10.0. The first-order valence-corrected chi connectivity index (χ1v) is 7.89. The van der Waals surface area contributed by atoms with E-state index >= 15 is 0 Å². The van der Waals surface area contributed by atoms with Gasteiger partial charge in [0.25, 0.3) is 0 Å². The summed E-state index contributed by atoms with van der Waals surface area (Å²) < 4.78 is 10.1. The topological polar surface area (TPSA) is 52.6 Å². The van der Waals surface area contributed by atoms with E-state index in [1.165, 1.54) is 7.11 Å². The highest BCUT2D eigenvalue weighted by atomic mass is 16.5. The van der Waals surface area contributed by atoms with Gasteiger partial charge in [-0.2, -0.15) is 0 Å². The number of methoxy groups -OCH3 is 1. The van der Waals surface area contributed by atoms with E-state index in [1.807, 2.05) is 26.0 Å². The van der Waals surface area contributed by atoms with Gasteiger partial charge >= 0.3 is 11.9 Å². The fourth-order valence-corrected chi connectivity index (χ4v) is 2.72. The summed E-state index contributed by atoms with van der Waals surface area (Å²) in [7, 11) is 1.34. The highest BCUT2D eigenvalue weighted by Crippen LogP contribution is 2.29. The zero-order chi connectivity index (χ0) is 18.0. The lowest BCUT2D eigenvalue weighted by molar-refractivity contribution is -0.130. The quantitative estimate of drug-likeness (QED) is 0.627. The first kappa shape index (κ1) is 16.7. The molecule has 0 atom stereocenters. The minimum Gasteiger partial charge on any atom is -0.465 e. The Labute approximate surface area is 146 Å². The van der Waals surface area contributed by atoms with Crippen molar-refractivity contribution in [2.24, 2.45) is 0 Å². The third kappa shape index (κ3) is 3.53. The summed E-state index contributed by atoms with van der Waals surface area (Å²) in [5.74, 6) is -0.219. The van der Waals surface area contributed by atoms with Crippen LogP contribution < -0.4 is 0 Å². The molecule has 0 saturated heterocycles. The normalized spacial score (nSPS) is 15.1. The summed E-state index contributed by atoms with van der Waals surface area (Å²) >= 11 is 0. The van der Waals surface area contributed by atoms with E-state index in [1.54, 1.807) is 36.4 Å². The summed E-state index contributed by atoms with van der Waals surface area (Å²) in [6, 6.07) is 12.8. The van der Waals surface area contributed by atoms with E-state index in [0.29, 0.717) is 16.9 Å². The van der Waals surface area contributed by atoms with Gasteiger partial charge < -0.3 is 9.47 Å². The monoisotopic (exact) mass is 334 g/mol. The fraction of sp³-hybridized carbons (Fsp3) is 0.143. The average Bonchev–Trinajstić information content (AvgIpc) is 2.95. The van der Waals surface area contributed by atoms with Crippen LogP contribution in [0.3, 0.4) is 0 Å². The van der Waals surface area contributed by atoms with Crippen molar-refractivity contribution >= 4 is 23.8 Å². The minimum atomic E-state index is -0.392. The van der Waals surface area contributed by atoms with E-state index in [9.17, 15) is 9.59 Å². The van der Waals surface area contributed by atoms with Crippen LogP contribution in [0.4, 0.5) is 0 Å². The number of cyclic esters (lactones) is 1. The molecule has 2 aromatic rings. The number of hydrogen-bond donors (Lipinski definition) is 0. The van der Waals surface area contributed by atoms with Gasteiger partial charge in [0.2, 0.25) is 0 Å². The van der Waals surface area contributed by atoms with Gasteiger partial charge in [0.1, 0.15) is 5.76 Å². The molecule has 1 aliphatic rings. The largest absolute Gasteiger partial charge is 0.465 e. The Balaban J connectivity index is 1.89. The third-order valence-electron chi connectivity index (χ3n) is 4.03. The molecule has 2 aromatic carbocycles. The Morgan fingerprint density at radius 3 is 2.44 bits per heavy atom. The van der Waals surface area contributed by atoms with E-state index < -0.39 is 5.97 Å². The molecule has 0 N–H and O–H groups in total. The van der Waals surface area contributed by atoms with Gasteiger partial charge in [-0.25, -0.2) is 9.59 Å². The van der Waals surface area contributed by atoms with Crippen molar-refractivity contribution in [3.8, 4) is 0 Å². The second-order valence-electron chi connectivity index (χ2n) is 5.93. The Bertz CT molecular complexity index is 902. The van der Waals surface area contributed by atoms with Crippen LogP contribution >= 0.6 is 0 Å². The van der Waals surface area contributed by atoms with Crippen molar-refractivity contribution in [2.45, 2.75) is 13.8 Å². The highest BCUT2D eigenvalue weighted by molar-refractivity contribution is 6.05. The number of aryl methyl sites for hydroxylation is 2. The van der Waals surface area contributed by atoms with Crippen LogP contribution in [0.25, 0.3) is 11.8 Å². The summed E-state index contributed by atoms with van der Waals surface area (Å²) in [6.07, 6.45) is 3.48. The highest BCUT2D eigenvalue weighted by Gasteiger charge is 2.23. The molecule has 0 amide bonds. The van der Waals surface area contributed by atoms with Gasteiger partial charge in [0, 0.05) is 5.56 Å². The molecule has 0 saturated carbocycles. The number of rotatable bonds is 3. The van der Waals surface area contributed by atoms with Crippen molar-refractivity contribution < 1.29 is 19.1 Å². The summed E-state index contributed by atoms with van der Waals surface area (Å²) in [4.78, 5) is 23.6. The molecule has 126 valence electrons. The summed E-state index contributed by atoms with van der Waals surface area (Å²) in [5, 5.41) is 0. The summed E-state index contributed by atoms with van der Waals surface area (Å²) in [6.45, 7) is 4.01. The molecule has 3 rings (SSSR count). The van der Waals surface area contributed by atoms with Crippen molar-refractivity contribution in [1.29, 1.82) is 0 Å². The molecule has 0 radical (unpaired) electrons. The first-order valence-electron chi connectivity index (χ1n) is 7.89. The zero-order valence-electron chi connectivity index (χ0n) is 14.3. The maximum absolute atomic E-state index is 12.1. The molecular weight excluding hydrogens is 316 g/mol.